The molecule has 8 nitrogen and oxygen atoms in total. The highest BCUT2D eigenvalue weighted by atomic mass is 16.6. The maximum atomic E-state index is 12.6. The van der Waals surface area contributed by atoms with Gasteiger partial charge in [-0.3, -0.25) is 0 Å². The van der Waals surface area contributed by atoms with Crippen LogP contribution < -0.4 is 0 Å². The Morgan fingerprint density at radius 2 is 1.70 bits per heavy atom. The molecule has 0 spiro atoms. The molecule has 2 aromatic heterocycles. The summed E-state index contributed by atoms with van der Waals surface area (Å²) in [5.41, 5.74) is 9.91. The van der Waals surface area contributed by atoms with Gasteiger partial charge in [-0.05, 0) is 124 Å². The van der Waals surface area contributed by atoms with Crippen LogP contribution in [0.1, 0.15) is 124 Å². The molecule has 3 heterocycles. The van der Waals surface area contributed by atoms with Gasteiger partial charge in [-0.1, -0.05) is 63.7 Å². The summed E-state index contributed by atoms with van der Waals surface area (Å²) < 4.78 is 12.7. The molecule has 1 aliphatic carbocycles. The average Bonchev–Trinajstić information content (AvgIpc) is 3.72. The van der Waals surface area contributed by atoms with Crippen molar-refractivity contribution in [1.82, 2.24) is 19.7 Å². The predicted molar refractivity (Wildman–Crippen MR) is 199 cm³/mol. The van der Waals surface area contributed by atoms with Crippen molar-refractivity contribution < 1.29 is 19.1 Å². The van der Waals surface area contributed by atoms with Crippen LogP contribution in [0.25, 0.3) is 17.1 Å². The molecule has 6 rings (SSSR count). The van der Waals surface area contributed by atoms with Crippen molar-refractivity contribution >= 4 is 12.1 Å². The van der Waals surface area contributed by atoms with Crippen LogP contribution in [0.3, 0.4) is 0 Å². The minimum atomic E-state index is -0.476. The number of fused-ring (bicyclic) bond motifs is 1. The first-order chi connectivity index (χ1) is 23.6. The topological polar surface area (TPSA) is 86.6 Å². The van der Waals surface area contributed by atoms with E-state index in [1.165, 1.54) is 33.4 Å². The van der Waals surface area contributed by atoms with Crippen molar-refractivity contribution in [3.05, 3.63) is 99.9 Å². The minimum Gasteiger partial charge on any atom is -0.462 e. The summed E-state index contributed by atoms with van der Waals surface area (Å²) in [5, 5.41) is 4.55. The third kappa shape index (κ3) is 7.79. The summed E-state index contributed by atoms with van der Waals surface area (Å²) in [6.07, 6.45) is 8.07. The fourth-order valence-electron chi connectivity index (χ4n) is 7.67. The van der Waals surface area contributed by atoms with Gasteiger partial charge in [0.05, 0.1) is 24.2 Å². The van der Waals surface area contributed by atoms with Crippen molar-refractivity contribution in [2.24, 2.45) is 0 Å². The van der Waals surface area contributed by atoms with E-state index in [2.05, 4.69) is 54.5 Å². The first-order valence-corrected chi connectivity index (χ1v) is 18.0. The van der Waals surface area contributed by atoms with Crippen molar-refractivity contribution in [2.75, 3.05) is 19.7 Å². The van der Waals surface area contributed by atoms with Gasteiger partial charge < -0.3 is 14.4 Å². The molecule has 0 bridgehead atoms. The van der Waals surface area contributed by atoms with Crippen LogP contribution in [0, 0.1) is 0 Å². The number of benzene rings is 2. The number of hydrogen-bond acceptors (Lipinski definition) is 6. The molecular formula is C42H54N4O4. The molecule has 1 unspecified atom stereocenters. The Bertz CT molecular complexity index is 1810. The number of amides is 1. The molecule has 2 aliphatic rings. The van der Waals surface area contributed by atoms with Crippen molar-refractivity contribution in [2.45, 2.75) is 111 Å². The molecule has 4 aromatic rings. The zero-order valence-electron chi connectivity index (χ0n) is 29.9. The van der Waals surface area contributed by atoms with Crippen molar-refractivity contribution in [3.63, 3.8) is 0 Å². The Kier molecular flexibility index (Phi) is 11.5. The number of carbonyl (C=O) groups is 2. The lowest BCUT2D eigenvalue weighted by Gasteiger charge is -2.34. The van der Waals surface area contributed by atoms with E-state index < -0.39 is 5.60 Å². The molecule has 1 atom stereocenters. The first kappa shape index (κ1) is 36.8. The highest BCUT2D eigenvalue weighted by molar-refractivity contribution is 5.90. The summed E-state index contributed by atoms with van der Waals surface area (Å²) in [6.45, 7) is 13.6. The third-order valence-electron chi connectivity index (χ3n) is 9.95. The lowest BCUT2D eigenvalue weighted by atomic mass is 9.83. The van der Waals surface area contributed by atoms with E-state index in [-0.39, 0.29) is 19.5 Å². The fraction of sp³-hybridized carbons (Fsp3) is 0.476. The summed E-state index contributed by atoms with van der Waals surface area (Å²) >= 11 is 0. The Labute approximate surface area is 298 Å². The molecule has 0 radical (unpaired) electrons. The normalized spacial score (nSPS) is 16.1. The predicted octanol–water partition coefficient (Wildman–Crippen LogP) is 9.26. The average molecular weight is 679 g/mol. The molecule has 50 heavy (non-hydrogen) atoms. The number of carbonyl (C=O) groups excluding carboxylic acids is 2. The second kappa shape index (κ2) is 15.6. The molecule has 0 saturated carbocycles. The maximum absolute atomic E-state index is 12.6. The molecule has 1 saturated heterocycles. The number of likely N-dealkylation sites (tertiary alicyclic amines) is 1. The Morgan fingerprint density at radius 1 is 0.940 bits per heavy atom. The minimum absolute atomic E-state index is 0. The fourth-order valence-corrected chi connectivity index (χ4v) is 7.67. The molecule has 266 valence electrons. The van der Waals surface area contributed by atoms with Crippen molar-refractivity contribution in [1.29, 1.82) is 0 Å². The number of esters is 1. The van der Waals surface area contributed by atoms with E-state index in [0.29, 0.717) is 36.2 Å². The molecule has 0 N–H and O–H groups in total. The lowest BCUT2D eigenvalue weighted by molar-refractivity contribution is 0.0204. The third-order valence-corrected chi connectivity index (χ3v) is 9.95. The van der Waals surface area contributed by atoms with Crippen LogP contribution in [-0.4, -0.2) is 57.0 Å². The SMILES string of the molecule is C.CCOC(=O)c1cnn(-c2cccc(-c3cccc4c3C(Cc3ccc(C5CCN(C(=O)OC(C)(C)C)CC5)c(CC)c3)CC4)n2)c1CC. The Hall–Kier alpha value is -4.46. The van der Waals surface area contributed by atoms with E-state index in [0.717, 1.165) is 63.0 Å². The first-order valence-electron chi connectivity index (χ1n) is 18.0. The van der Waals surface area contributed by atoms with Gasteiger partial charge >= 0.3 is 12.1 Å². The van der Waals surface area contributed by atoms with Crippen LogP contribution in [-0.2, 0) is 35.2 Å². The van der Waals surface area contributed by atoms with E-state index in [1.54, 1.807) is 10.9 Å². The smallest absolute Gasteiger partial charge is 0.410 e. The quantitative estimate of drug-likeness (QED) is 0.164. The van der Waals surface area contributed by atoms with Gasteiger partial charge in [0.2, 0.25) is 0 Å². The van der Waals surface area contributed by atoms with Gasteiger partial charge in [0, 0.05) is 18.7 Å². The number of aromatic nitrogens is 3. The molecule has 2 aromatic carbocycles. The zero-order chi connectivity index (χ0) is 34.7. The van der Waals surface area contributed by atoms with Gasteiger partial charge in [0.15, 0.2) is 5.82 Å². The molecular weight excluding hydrogens is 624 g/mol. The van der Waals surface area contributed by atoms with Crippen molar-refractivity contribution in [3.8, 4) is 17.1 Å². The second-order valence-corrected chi connectivity index (χ2v) is 14.3. The Morgan fingerprint density at radius 3 is 2.40 bits per heavy atom. The standard InChI is InChI=1S/C41H50N4O4.CH4/c1-7-28-24-27(16-19-32(28)29-20-22-44(23-21-29)40(47)49-41(4,5)6)25-31-18-17-30-12-10-13-33(38(30)31)35-14-11-15-37(43-35)45-36(8-2)34(26-42-45)39(46)48-9-3;/h10-16,19,24,26,29,31H,7-9,17-18,20-23,25H2,1-6H3;1H4. The van der Waals surface area contributed by atoms with Crippen LogP contribution in [0.15, 0.2) is 60.8 Å². The highest BCUT2D eigenvalue weighted by Gasteiger charge is 2.30. The van der Waals surface area contributed by atoms with Gasteiger partial charge in [0.1, 0.15) is 11.2 Å². The van der Waals surface area contributed by atoms with Crippen LogP contribution in [0.5, 0.6) is 0 Å². The monoisotopic (exact) mass is 678 g/mol. The molecule has 1 fully saturated rings. The number of hydrogen-bond donors (Lipinski definition) is 0. The largest absolute Gasteiger partial charge is 0.462 e. The number of ether oxygens (including phenoxy) is 2. The van der Waals surface area contributed by atoms with Gasteiger partial charge in [-0.25, -0.2) is 19.3 Å². The van der Waals surface area contributed by atoms with Crippen LogP contribution in [0.4, 0.5) is 4.79 Å². The second-order valence-electron chi connectivity index (χ2n) is 14.3. The van der Waals surface area contributed by atoms with E-state index >= 15 is 0 Å². The summed E-state index contributed by atoms with van der Waals surface area (Å²) in [6, 6.07) is 19.8. The van der Waals surface area contributed by atoms with Crippen LogP contribution >= 0.6 is 0 Å². The van der Waals surface area contributed by atoms with E-state index in [1.807, 2.05) is 51.7 Å². The summed E-state index contributed by atoms with van der Waals surface area (Å²) in [4.78, 5) is 32.2. The zero-order valence-corrected chi connectivity index (χ0v) is 29.9. The highest BCUT2D eigenvalue weighted by Crippen LogP contribution is 2.42. The number of piperidine rings is 1. The maximum Gasteiger partial charge on any atom is 0.410 e. The summed E-state index contributed by atoms with van der Waals surface area (Å²) in [7, 11) is 0. The van der Waals surface area contributed by atoms with E-state index in [4.69, 9.17) is 14.5 Å². The molecule has 8 heteroatoms. The number of aryl methyl sites for hydroxylation is 2. The number of rotatable bonds is 9. The van der Waals surface area contributed by atoms with Gasteiger partial charge in [-0.15, -0.1) is 0 Å². The molecule has 1 amide bonds. The Balaban J connectivity index is 0.00000486. The van der Waals surface area contributed by atoms with Gasteiger partial charge in [0.25, 0.3) is 0 Å². The lowest BCUT2D eigenvalue weighted by Crippen LogP contribution is -2.41. The van der Waals surface area contributed by atoms with E-state index in [9.17, 15) is 9.59 Å². The summed E-state index contributed by atoms with van der Waals surface area (Å²) in [5.74, 6) is 1.19. The number of nitrogens with zero attached hydrogens (tertiary/aromatic N) is 4. The van der Waals surface area contributed by atoms with Crippen LogP contribution in [0.2, 0.25) is 0 Å². The van der Waals surface area contributed by atoms with Gasteiger partial charge in [-0.2, -0.15) is 5.10 Å². The molecule has 1 aliphatic heterocycles. The number of pyridine rings is 1.